The lowest BCUT2D eigenvalue weighted by Gasteiger charge is -2.13. The fourth-order valence-corrected chi connectivity index (χ4v) is 2.09. The third-order valence-corrected chi connectivity index (χ3v) is 3.31. The zero-order chi connectivity index (χ0) is 13.8. The highest BCUT2D eigenvalue weighted by Gasteiger charge is 2.12. The quantitative estimate of drug-likeness (QED) is 0.910. The van der Waals surface area contributed by atoms with Crippen LogP contribution in [0, 0.1) is 5.82 Å². The van der Waals surface area contributed by atoms with Crippen LogP contribution in [-0.4, -0.2) is 4.98 Å². The summed E-state index contributed by atoms with van der Waals surface area (Å²) >= 11 is 0. The van der Waals surface area contributed by atoms with Gasteiger partial charge in [-0.3, -0.25) is 4.98 Å². The molecule has 0 bridgehead atoms. The maximum Gasteiger partial charge on any atom is 0.146 e. The Balaban J connectivity index is 2.11. The molecule has 2 nitrogen and oxygen atoms in total. The molecular weight excluding hydrogens is 239 g/mol. The number of aromatic nitrogens is 1. The molecule has 19 heavy (non-hydrogen) atoms. The molecule has 0 saturated heterocycles. The Hall–Kier alpha value is -1.74. The van der Waals surface area contributed by atoms with E-state index in [4.69, 9.17) is 5.73 Å². The lowest BCUT2D eigenvalue weighted by molar-refractivity contribution is 0.574. The molecule has 2 N–H and O–H groups in total. The molecule has 0 amide bonds. The van der Waals surface area contributed by atoms with Gasteiger partial charge in [0, 0.05) is 17.8 Å². The highest BCUT2D eigenvalue weighted by Crippen LogP contribution is 2.20. The summed E-state index contributed by atoms with van der Waals surface area (Å²) < 4.78 is 13.6. The normalized spacial score (nSPS) is 12.7. The number of hydrogen-bond acceptors (Lipinski definition) is 2. The van der Waals surface area contributed by atoms with Crippen molar-refractivity contribution in [2.75, 3.05) is 0 Å². The van der Waals surface area contributed by atoms with Gasteiger partial charge in [-0.1, -0.05) is 38.1 Å². The van der Waals surface area contributed by atoms with Gasteiger partial charge in [0.1, 0.15) is 5.82 Å². The molecule has 3 heteroatoms. The van der Waals surface area contributed by atoms with Crippen molar-refractivity contribution in [3.8, 4) is 0 Å². The molecule has 2 aromatic rings. The molecule has 0 radical (unpaired) electrons. The second kappa shape index (κ2) is 5.93. The monoisotopic (exact) mass is 258 g/mol. The smallest absolute Gasteiger partial charge is 0.146 e. The maximum absolute atomic E-state index is 13.6. The minimum Gasteiger partial charge on any atom is -0.324 e. The summed E-state index contributed by atoms with van der Waals surface area (Å²) in [4.78, 5) is 3.73. The number of pyridine rings is 1. The zero-order valence-corrected chi connectivity index (χ0v) is 11.3. The fraction of sp³-hybridized carbons (Fsp3) is 0.312. The van der Waals surface area contributed by atoms with Crippen LogP contribution in [0.5, 0.6) is 0 Å². The summed E-state index contributed by atoms with van der Waals surface area (Å²) in [6.45, 7) is 4.32. The third-order valence-electron chi connectivity index (χ3n) is 3.31. The molecule has 0 aliphatic heterocycles. The molecule has 0 spiro atoms. The van der Waals surface area contributed by atoms with Gasteiger partial charge in [0.25, 0.3) is 0 Å². The van der Waals surface area contributed by atoms with E-state index in [9.17, 15) is 4.39 Å². The van der Waals surface area contributed by atoms with Crippen molar-refractivity contribution in [3.05, 3.63) is 65.2 Å². The number of nitrogens with zero attached hydrogens (tertiary/aromatic N) is 1. The van der Waals surface area contributed by atoms with Crippen LogP contribution in [0.1, 0.15) is 42.5 Å². The summed E-state index contributed by atoms with van der Waals surface area (Å²) in [5, 5.41) is 0. The molecule has 0 aliphatic rings. The first-order chi connectivity index (χ1) is 9.08. The Bertz CT molecular complexity index is 535. The second-order valence-corrected chi connectivity index (χ2v) is 5.10. The first kappa shape index (κ1) is 13.7. The first-order valence-corrected chi connectivity index (χ1v) is 6.51. The Morgan fingerprint density at radius 2 is 1.84 bits per heavy atom. The molecule has 1 unspecified atom stereocenters. The molecule has 1 aromatic carbocycles. The number of halogens is 1. The standard InChI is InChI=1S/C16H19FN2/c1-11(2)13-5-3-12(4-6-13)9-16(18)14-7-8-19-10-15(14)17/h3-8,10-11,16H,9,18H2,1-2H3. The number of rotatable bonds is 4. The summed E-state index contributed by atoms with van der Waals surface area (Å²) in [5.41, 5.74) is 8.99. The highest BCUT2D eigenvalue weighted by atomic mass is 19.1. The predicted octanol–water partition coefficient (Wildman–Crippen LogP) is 3.59. The number of nitrogens with two attached hydrogens (primary N) is 1. The average molecular weight is 258 g/mol. The number of benzene rings is 1. The van der Waals surface area contributed by atoms with Crippen LogP contribution in [0.3, 0.4) is 0 Å². The van der Waals surface area contributed by atoms with E-state index in [1.807, 2.05) is 0 Å². The van der Waals surface area contributed by atoms with Crippen LogP contribution in [0.25, 0.3) is 0 Å². The zero-order valence-electron chi connectivity index (χ0n) is 11.3. The van der Waals surface area contributed by atoms with Crippen molar-refractivity contribution in [3.63, 3.8) is 0 Å². The van der Waals surface area contributed by atoms with Gasteiger partial charge in [-0.05, 0) is 29.5 Å². The molecule has 0 aliphatic carbocycles. The molecule has 1 aromatic heterocycles. The van der Waals surface area contributed by atoms with Gasteiger partial charge in [0.2, 0.25) is 0 Å². The van der Waals surface area contributed by atoms with Crippen LogP contribution in [0.4, 0.5) is 4.39 Å². The Morgan fingerprint density at radius 1 is 1.16 bits per heavy atom. The van der Waals surface area contributed by atoms with E-state index in [0.717, 1.165) is 5.56 Å². The predicted molar refractivity (Wildman–Crippen MR) is 75.4 cm³/mol. The fourth-order valence-electron chi connectivity index (χ4n) is 2.09. The van der Waals surface area contributed by atoms with Crippen molar-refractivity contribution >= 4 is 0 Å². The largest absolute Gasteiger partial charge is 0.324 e. The van der Waals surface area contributed by atoms with E-state index >= 15 is 0 Å². The van der Waals surface area contributed by atoms with E-state index in [-0.39, 0.29) is 11.9 Å². The van der Waals surface area contributed by atoms with Crippen LogP contribution in [0.2, 0.25) is 0 Å². The van der Waals surface area contributed by atoms with Crippen molar-refractivity contribution in [1.29, 1.82) is 0 Å². The maximum atomic E-state index is 13.6. The van der Waals surface area contributed by atoms with E-state index in [0.29, 0.717) is 17.9 Å². The van der Waals surface area contributed by atoms with Gasteiger partial charge < -0.3 is 5.73 Å². The third kappa shape index (κ3) is 3.38. The highest BCUT2D eigenvalue weighted by molar-refractivity contribution is 5.27. The van der Waals surface area contributed by atoms with Crippen molar-refractivity contribution < 1.29 is 4.39 Å². The van der Waals surface area contributed by atoms with E-state index in [1.54, 1.807) is 12.3 Å². The van der Waals surface area contributed by atoms with Gasteiger partial charge in [0.15, 0.2) is 0 Å². The molecule has 1 atom stereocenters. The van der Waals surface area contributed by atoms with Gasteiger partial charge in [-0.25, -0.2) is 4.39 Å². The second-order valence-electron chi connectivity index (χ2n) is 5.10. The summed E-state index contributed by atoms with van der Waals surface area (Å²) in [7, 11) is 0. The van der Waals surface area contributed by atoms with Crippen LogP contribution in [-0.2, 0) is 6.42 Å². The van der Waals surface area contributed by atoms with Gasteiger partial charge in [-0.2, -0.15) is 0 Å². The summed E-state index contributed by atoms with van der Waals surface area (Å²) in [6, 6.07) is 9.64. The molecule has 100 valence electrons. The van der Waals surface area contributed by atoms with Crippen molar-refractivity contribution in [2.24, 2.45) is 5.73 Å². The van der Waals surface area contributed by atoms with E-state index < -0.39 is 0 Å². The lowest BCUT2D eigenvalue weighted by Crippen LogP contribution is -2.15. The van der Waals surface area contributed by atoms with Crippen LogP contribution in [0.15, 0.2) is 42.7 Å². The molecule has 0 fully saturated rings. The summed E-state index contributed by atoms with van der Waals surface area (Å²) in [5.74, 6) is 0.175. The number of hydrogen-bond donors (Lipinski definition) is 1. The van der Waals surface area contributed by atoms with Gasteiger partial charge in [0.05, 0.1) is 6.20 Å². The van der Waals surface area contributed by atoms with E-state index in [1.165, 1.54) is 11.8 Å². The Morgan fingerprint density at radius 3 is 2.42 bits per heavy atom. The molecule has 1 heterocycles. The van der Waals surface area contributed by atoms with Crippen molar-refractivity contribution in [1.82, 2.24) is 4.98 Å². The minimum atomic E-state index is -0.340. The minimum absolute atomic E-state index is 0.339. The Labute approximate surface area is 113 Å². The first-order valence-electron chi connectivity index (χ1n) is 6.51. The van der Waals surface area contributed by atoms with E-state index in [2.05, 4.69) is 43.1 Å². The lowest BCUT2D eigenvalue weighted by atomic mass is 9.97. The average Bonchev–Trinajstić information content (AvgIpc) is 2.39. The van der Waals surface area contributed by atoms with Crippen LogP contribution >= 0.6 is 0 Å². The molecule has 2 rings (SSSR count). The SMILES string of the molecule is CC(C)c1ccc(CC(N)c2ccncc2F)cc1. The Kier molecular flexibility index (Phi) is 4.27. The summed E-state index contributed by atoms with van der Waals surface area (Å²) in [6.07, 6.45) is 3.40. The molecule has 0 saturated carbocycles. The molecular formula is C16H19FN2. The van der Waals surface area contributed by atoms with Crippen LogP contribution < -0.4 is 5.73 Å². The van der Waals surface area contributed by atoms with Gasteiger partial charge >= 0.3 is 0 Å². The topological polar surface area (TPSA) is 38.9 Å². The van der Waals surface area contributed by atoms with Gasteiger partial charge in [-0.15, -0.1) is 0 Å². The van der Waals surface area contributed by atoms with Crippen molar-refractivity contribution in [2.45, 2.75) is 32.2 Å².